The summed E-state index contributed by atoms with van der Waals surface area (Å²) in [7, 11) is 1.44. The lowest BCUT2D eigenvalue weighted by atomic mass is 10.1. The number of methoxy groups -OCH3 is 1. The van der Waals surface area contributed by atoms with Crippen LogP contribution in [0.25, 0.3) is 12.2 Å². The van der Waals surface area contributed by atoms with Crippen LogP contribution in [0.3, 0.4) is 0 Å². The van der Waals surface area contributed by atoms with Crippen LogP contribution >= 0.6 is 0 Å². The van der Waals surface area contributed by atoms with E-state index in [9.17, 15) is 19.8 Å². The first-order chi connectivity index (χ1) is 12.9. The Morgan fingerprint density at radius 3 is 2.04 bits per heavy atom. The zero-order chi connectivity index (χ0) is 19.8. The minimum atomic E-state index is -0.323. The van der Waals surface area contributed by atoms with Gasteiger partial charge in [0, 0.05) is 0 Å². The van der Waals surface area contributed by atoms with E-state index in [2.05, 4.69) is 0 Å². The molecule has 2 N–H and O–H groups in total. The van der Waals surface area contributed by atoms with Crippen molar-refractivity contribution in [3.8, 4) is 17.2 Å². The normalized spacial score (nSPS) is 11.2. The van der Waals surface area contributed by atoms with Crippen molar-refractivity contribution in [2.75, 3.05) is 7.11 Å². The molecule has 27 heavy (non-hydrogen) atoms. The number of phenolic OH excluding ortho intramolecular Hbond substituents is 2. The molecule has 0 spiro atoms. The van der Waals surface area contributed by atoms with Crippen LogP contribution in [0.1, 0.15) is 30.0 Å². The molecule has 140 valence electrons. The number of phenols is 2. The van der Waals surface area contributed by atoms with E-state index in [1.807, 2.05) is 6.92 Å². The maximum atomic E-state index is 12.0. The lowest BCUT2D eigenvalue weighted by Gasteiger charge is -2.03. The van der Waals surface area contributed by atoms with Gasteiger partial charge in [-0.3, -0.25) is 9.59 Å². The third-order valence-corrected chi connectivity index (χ3v) is 3.96. The van der Waals surface area contributed by atoms with Gasteiger partial charge in [-0.2, -0.15) is 0 Å². The van der Waals surface area contributed by atoms with Gasteiger partial charge in [-0.1, -0.05) is 31.2 Å². The van der Waals surface area contributed by atoms with Gasteiger partial charge in [0.05, 0.1) is 13.5 Å². The van der Waals surface area contributed by atoms with Crippen molar-refractivity contribution in [3.63, 3.8) is 0 Å². The maximum Gasteiger partial charge on any atom is 0.163 e. The molecule has 2 aromatic rings. The predicted molar refractivity (Wildman–Crippen MR) is 105 cm³/mol. The van der Waals surface area contributed by atoms with Crippen molar-refractivity contribution in [2.45, 2.75) is 19.8 Å². The molecule has 0 aromatic heterocycles. The number of hydrogen-bond donors (Lipinski definition) is 2. The van der Waals surface area contributed by atoms with Crippen molar-refractivity contribution >= 4 is 23.7 Å². The molecule has 0 unspecified atom stereocenters. The molecule has 0 amide bonds. The molecule has 0 saturated carbocycles. The molecule has 0 aliphatic carbocycles. The van der Waals surface area contributed by atoms with Crippen LogP contribution in [0, 0.1) is 0 Å². The topological polar surface area (TPSA) is 83.8 Å². The van der Waals surface area contributed by atoms with E-state index in [0.717, 1.165) is 11.1 Å². The Balaban J connectivity index is 1.96. The van der Waals surface area contributed by atoms with Gasteiger partial charge in [0.25, 0.3) is 0 Å². The summed E-state index contributed by atoms with van der Waals surface area (Å²) in [5.41, 5.74) is 2.27. The molecule has 2 rings (SSSR count). The number of aromatic hydroxyl groups is 2. The third kappa shape index (κ3) is 5.85. The predicted octanol–water partition coefficient (Wildman–Crippen LogP) is 3.92. The number of benzene rings is 2. The van der Waals surface area contributed by atoms with Crippen LogP contribution in [-0.2, 0) is 16.0 Å². The highest BCUT2D eigenvalue weighted by Crippen LogP contribution is 2.26. The van der Waals surface area contributed by atoms with Gasteiger partial charge in [0.2, 0.25) is 0 Å². The maximum absolute atomic E-state index is 12.0. The summed E-state index contributed by atoms with van der Waals surface area (Å²) >= 11 is 0. The Labute approximate surface area is 158 Å². The van der Waals surface area contributed by atoms with Crippen molar-refractivity contribution in [2.24, 2.45) is 0 Å². The number of rotatable bonds is 8. The summed E-state index contributed by atoms with van der Waals surface area (Å²) in [5.74, 6) is -0.0754. The fraction of sp³-hybridized carbons (Fsp3) is 0.182. The lowest BCUT2D eigenvalue weighted by molar-refractivity contribution is -0.121. The number of carbonyl (C=O) groups excluding carboxylic acids is 2. The molecule has 5 heteroatoms. The fourth-order valence-corrected chi connectivity index (χ4v) is 2.46. The number of ether oxygens (including phenoxy) is 1. The molecule has 0 heterocycles. The molecular formula is C22H22O5. The molecule has 0 aliphatic rings. The van der Waals surface area contributed by atoms with Crippen LogP contribution in [-0.4, -0.2) is 28.9 Å². The highest BCUT2D eigenvalue weighted by molar-refractivity contribution is 6.10. The monoisotopic (exact) mass is 366 g/mol. The van der Waals surface area contributed by atoms with Gasteiger partial charge in [-0.15, -0.1) is 0 Å². The summed E-state index contributed by atoms with van der Waals surface area (Å²) in [5, 5.41) is 19.2. The molecule has 0 saturated heterocycles. The van der Waals surface area contributed by atoms with E-state index in [0.29, 0.717) is 17.7 Å². The van der Waals surface area contributed by atoms with E-state index < -0.39 is 0 Å². The fourth-order valence-electron chi connectivity index (χ4n) is 2.46. The molecule has 2 aromatic carbocycles. The average molecular weight is 366 g/mol. The second kappa shape index (κ2) is 9.38. The quantitative estimate of drug-likeness (QED) is 0.546. The molecule has 0 bridgehead atoms. The molecule has 0 aliphatic heterocycles. The number of allylic oxidation sites excluding steroid dienone is 2. The van der Waals surface area contributed by atoms with Crippen molar-refractivity contribution < 1.29 is 24.5 Å². The Hall–Kier alpha value is -3.34. The molecule has 5 nitrogen and oxygen atoms in total. The first kappa shape index (κ1) is 20.0. The number of aryl methyl sites for hydroxylation is 1. The van der Waals surface area contributed by atoms with Gasteiger partial charge in [-0.05, 0) is 59.5 Å². The number of hydrogen-bond acceptors (Lipinski definition) is 5. The van der Waals surface area contributed by atoms with Gasteiger partial charge in [0.15, 0.2) is 23.1 Å². The van der Waals surface area contributed by atoms with E-state index in [-0.39, 0.29) is 29.5 Å². The lowest BCUT2D eigenvalue weighted by Crippen LogP contribution is -2.01. The van der Waals surface area contributed by atoms with Gasteiger partial charge >= 0.3 is 0 Å². The molecule has 0 atom stereocenters. The number of ketones is 2. The summed E-state index contributed by atoms with van der Waals surface area (Å²) in [6.45, 7) is 1.93. The Bertz CT molecular complexity index is 820. The summed E-state index contributed by atoms with van der Waals surface area (Å²) in [4.78, 5) is 23.9. The minimum Gasteiger partial charge on any atom is -0.508 e. The van der Waals surface area contributed by atoms with Gasteiger partial charge in [0.1, 0.15) is 5.75 Å². The van der Waals surface area contributed by atoms with Crippen molar-refractivity contribution in [3.05, 3.63) is 65.2 Å². The highest BCUT2D eigenvalue weighted by Gasteiger charge is 2.05. The Morgan fingerprint density at radius 1 is 0.926 bits per heavy atom. The standard InChI is InChI=1S/C22H22O5/c1-3-17-12-15(6-10-20(17)25)4-8-18(23)14-19(24)9-5-16-7-11-21(26)22(13-16)27-2/h4-13,25-26H,3,14H2,1-2H3. The van der Waals surface area contributed by atoms with Crippen LogP contribution in [0.15, 0.2) is 48.6 Å². The van der Waals surface area contributed by atoms with Crippen molar-refractivity contribution in [1.29, 1.82) is 0 Å². The van der Waals surface area contributed by atoms with Crippen LogP contribution in [0.4, 0.5) is 0 Å². The molecular weight excluding hydrogens is 344 g/mol. The Morgan fingerprint density at radius 2 is 1.48 bits per heavy atom. The summed E-state index contributed by atoms with van der Waals surface area (Å²) < 4.78 is 5.01. The SMILES string of the molecule is CCc1cc(C=CC(=O)CC(=O)C=Cc2ccc(O)c(OC)c2)ccc1O. The molecule has 0 fully saturated rings. The van der Waals surface area contributed by atoms with E-state index in [4.69, 9.17) is 4.74 Å². The summed E-state index contributed by atoms with van der Waals surface area (Å²) in [6.07, 6.45) is 6.33. The van der Waals surface area contributed by atoms with Crippen molar-refractivity contribution in [1.82, 2.24) is 0 Å². The van der Waals surface area contributed by atoms with E-state index >= 15 is 0 Å². The second-order valence-corrected chi connectivity index (χ2v) is 5.95. The van der Waals surface area contributed by atoms with E-state index in [1.54, 1.807) is 42.5 Å². The zero-order valence-corrected chi connectivity index (χ0v) is 15.3. The van der Waals surface area contributed by atoms with Crippen LogP contribution in [0.5, 0.6) is 17.2 Å². The first-order valence-corrected chi connectivity index (χ1v) is 8.53. The number of carbonyl (C=O) groups is 2. The first-order valence-electron chi connectivity index (χ1n) is 8.53. The highest BCUT2D eigenvalue weighted by atomic mass is 16.5. The average Bonchev–Trinajstić information content (AvgIpc) is 2.66. The minimum absolute atomic E-state index is 0.0155. The third-order valence-electron chi connectivity index (χ3n) is 3.96. The zero-order valence-electron chi connectivity index (χ0n) is 15.3. The van der Waals surface area contributed by atoms with Crippen LogP contribution < -0.4 is 4.74 Å². The second-order valence-electron chi connectivity index (χ2n) is 5.95. The van der Waals surface area contributed by atoms with E-state index in [1.165, 1.54) is 25.3 Å². The summed E-state index contributed by atoms with van der Waals surface area (Å²) in [6, 6.07) is 9.80. The van der Waals surface area contributed by atoms with Gasteiger partial charge < -0.3 is 14.9 Å². The largest absolute Gasteiger partial charge is 0.508 e. The Kier molecular flexibility index (Phi) is 6.94. The van der Waals surface area contributed by atoms with Gasteiger partial charge in [-0.25, -0.2) is 0 Å². The molecule has 0 radical (unpaired) electrons. The smallest absolute Gasteiger partial charge is 0.163 e. The van der Waals surface area contributed by atoms with Crippen LogP contribution in [0.2, 0.25) is 0 Å².